The van der Waals surface area contributed by atoms with E-state index in [1.807, 2.05) is 56.0 Å². The van der Waals surface area contributed by atoms with E-state index < -0.39 is 5.60 Å². The third-order valence-corrected chi connectivity index (χ3v) is 4.24. The number of oxazole rings is 1. The van der Waals surface area contributed by atoms with E-state index in [2.05, 4.69) is 9.98 Å². The van der Waals surface area contributed by atoms with Crippen molar-refractivity contribution in [2.75, 3.05) is 26.2 Å². The van der Waals surface area contributed by atoms with Crippen molar-refractivity contribution in [2.45, 2.75) is 32.9 Å². The predicted octanol–water partition coefficient (Wildman–Crippen LogP) is 3.33. The quantitative estimate of drug-likeness (QED) is 0.384. The van der Waals surface area contributed by atoms with Crippen LogP contribution >= 0.6 is 24.0 Å². The van der Waals surface area contributed by atoms with Gasteiger partial charge in [-0.2, -0.15) is 0 Å². The summed E-state index contributed by atoms with van der Waals surface area (Å²) in [6.45, 7) is 8.15. The molecular formula is C20H28IN5O3. The van der Waals surface area contributed by atoms with Gasteiger partial charge in [-0.1, -0.05) is 30.3 Å². The second-order valence-electron chi connectivity index (χ2n) is 7.61. The molecule has 1 aliphatic heterocycles. The molecule has 1 aromatic heterocycles. The number of amides is 1. The van der Waals surface area contributed by atoms with Gasteiger partial charge in [-0.25, -0.2) is 14.8 Å². The molecule has 1 aliphatic rings. The van der Waals surface area contributed by atoms with Crippen LogP contribution in [0, 0.1) is 0 Å². The summed E-state index contributed by atoms with van der Waals surface area (Å²) in [5, 5.41) is 0. The summed E-state index contributed by atoms with van der Waals surface area (Å²) >= 11 is 0. The molecule has 0 spiro atoms. The fraction of sp³-hybridized carbons (Fsp3) is 0.450. The number of nitrogens with two attached hydrogens (primary N) is 1. The summed E-state index contributed by atoms with van der Waals surface area (Å²) in [4.78, 5) is 24.4. The average Bonchev–Trinajstić information content (AvgIpc) is 3.15. The van der Waals surface area contributed by atoms with Crippen molar-refractivity contribution in [2.24, 2.45) is 10.7 Å². The van der Waals surface area contributed by atoms with Gasteiger partial charge in [0.2, 0.25) is 5.89 Å². The highest BCUT2D eigenvalue weighted by Crippen LogP contribution is 2.20. The Labute approximate surface area is 188 Å². The van der Waals surface area contributed by atoms with E-state index in [-0.39, 0.29) is 36.6 Å². The number of halogens is 1. The number of aliphatic imine (C=N–C) groups is 1. The van der Waals surface area contributed by atoms with E-state index >= 15 is 0 Å². The van der Waals surface area contributed by atoms with Crippen LogP contribution < -0.4 is 5.73 Å². The van der Waals surface area contributed by atoms with Crippen LogP contribution in [0.2, 0.25) is 0 Å². The number of aromatic nitrogens is 1. The molecule has 2 aromatic rings. The monoisotopic (exact) mass is 513 g/mol. The Bertz CT molecular complexity index is 824. The normalized spacial score (nSPS) is 15.1. The fourth-order valence-electron chi connectivity index (χ4n) is 2.81. The second kappa shape index (κ2) is 9.95. The Morgan fingerprint density at radius 3 is 2.41 bits per heavy atom. The van der Waals surface area contributed by atoms with Crippen molar-refractivity contribution in [3.8, 4) is 11.3 Å². The summed E-state index contributed by atoms with van der Waals surface area (Å²) in [6.07, 6.45) is 1.39. The highest BCUT2D eigenvalue weighted by Gasteiger charge is 2.26. The molecule has 0 aliphatic carbocycles. The topological polar surface area (TPSA) is 97.2 Å². The lowest BCUT2D eigenvalue weighted by molar-refractivity contribution is 0.0186. The third kappa shape index (κ3) is 6.62. The van der Waals surface area contributed by atoms with E-state index in [1.54, 1.807) is 11.1 Å². The summed E-state index contributed by atoms with van der Waals surface area (Å²) in [6, 6.07) is 9.78. The molecule has 1 saturated heterocycles. The minimum Gasteiger partial charge on any atom is -0.444 e. The van der Waals surface area contributed by atoms with Gasteiger partial charge in [0.25, 0.3) is 0 Å². The van der Waals surface area contributed by atoms with Gasteiger partial charge in [-0.05, 0) is 20.8 Å². The minimum atomic E-state index is -0.497. The number of rotatable bonds is 3. The fourth-order valence-corrected chi connectivity index (χ4v) is 2.81. The first-order valence-corrected chi connectivity index (χ1v) is 9.35. The van der Waals surface area contributed by atoms with Gasteiger partial charge in [0.05, 0.1) is 6.20 Å². The molecule has 8 nitrogen and oxygen atoms in total. The van der Waals surface area contributed by atoms with Crippen molar-refractivity contribution in [1.82, 2.24) is 14.8 Å². The van der Waals surface area contributed by atoms with Crippen LogP contribution in [-0.4, -0.2) is 58.6 Å². The molecule has 158 valence electrons. The van der Waals surface area contributed by atoms with Gasteiger partial charge >= 0.3 is 6.09 Å². The summed E-state index contributed by atoms with van der Waals surface area (Å²) in [5.41, 5.74) is 6.58. The third-order valence-electron chi connectivity index (χ3n) is 4.24. The van der Waals surface area contributed by atoms with Crippen molar-refractivity contribution in [1.29, 1.82) is 0 Å². The Kier molecular flexibility index (Phi) is 7.88. The first kappa shape index (κ1) is 23.0. The van der Waals surface area contributed by atoms with Gasteiger partial charge in [-0.3, -0.25) is 0 Å². The van der Waals surface area contributed by atoms with Crippen LogP contribution in [0.5, 0.6) is 0 Å². The molecule has 0 saturated carbocycles. The van der Waals surface area contributed by atoms with E-state index in [4.69, 9.17) is 14.9 Å². The van der Waals surface area contributed by atoms with Crippen molar-refractivity contribution < 1.29 is 13.9 Å². The predicted molar refractivity (Wildman–Crippen MR) is 122 cm³/mol. The van der Waals surface area contributed by atoms with Crippen molar-refractivity contribution in [3.63, 3.8) is 0 Å². The Morgan fingerprint density at radius 2 is 1.79 bits per heavy atom. The number of ether oxygens (including phenoxy) is 1. The molecule has 1 aromatic carbocycles. The van der Waals surface area contributed by atoms with Gasteiger partial charge in [-0.15, -0.1) is 24.0 Å². The number of hydrogen-bond donors (Lipinski definition) is 1. The SMILES string of the molecule is CC(C)(C)OC(=O)N1CCN(C(N)=NCc2ncc(-c3ccccc3)o2)CC1.I. The maximum absolute atomic E-state index is 12.1. The smallest absolute Gasteiger partial charge is 0.410 e. The summed E-state index contributed by atoms with van der Waals surface area (Å²) in [5.74, 6) is 1.63. The van der Waals surface area contributed by atoms with Crippen LogP contribution in [0.4, 0.5) is 4.79 Å². The van der Waals surface area contributed by atoms with Crippen molar-refractivity contribution in [3.05, 3.63) is 42.4 Å². The van der Waals surface area contributed by atoms with Crippen molar-refractivity contribution >= 4 is 36.0 Å². The highest BCUT2D eigenvalue weighted by molar-refractivity contribution is 14.0. The first-order chi connectivity index (χ1) is 13.3. The lowest BCUT2D eigenvalue weighted by Gasteiger charge is -2.36. The second-order valence-corrected chi connectivity index (χ2v) is 7.61. The zero-order valence-electron chi connectivity index (χ0n) is 17.0. The standard InChI is InChI=1S/C20H27N5O3.HI/c1-20(2,3)28-19(26)25-11-9-24(10-12-25)18(21)23-14-17-22-13-16(27-17)15-7-5-4-6-8-15;/h4-8,13H,9-12,14H2,1-3H3,(H2,21,23);1H. The van der Waals surface area contributed by atoms with Gasteiger partial charge < -0.3 is 24.7 Å². The summed E-state index contributed by atoms with van der Waals surface area (Å²) in [7, 11) is 0. The van der Waals surface area contributed by atoms with Gasteiger partial charge in [0.1, 0.15) is 12.1 Å². The molecule has 1 amide bonds. The molecule has 29 heavy (non-hydrogen) atoms. The molecule has 2 heterocycles. The number of nitrogens with zero attached hydrogens (tertiary/aromatic N) is 4. The van der Waals surface area contributed by atoms with Crippen LogP contribution in [0.15, 0.2) is 45.9 Å². The number of piperazine rings is 1. The number of carbonyl (C=O) groups excluding carboxylic acids is 1. The van der Waals surface area contributed by atoms with Gasteiger partial charge in [0.15, 0.2) is 11.7 Å². The number of hydrogen-bond acceptors (Lipinski definition) is 5. The summed E-state index contributed by atoms with van der Waals surface area (Å²) < 4.78 is 11.1. The number of guanidine groups is 1. The molecule has 0 radical (unpaired) electrons. The Hall–Kier alpha value is -2.30. The number of carbonyl (C=O) groups is 1. The average molecular weight is 513 g/mol. The van der Waals surface area contributed by atoms with Crippen LogP contribution in [0.3, 0.4) is 0 Å². The van der Waals surface area contributed by atoms with E-state index in [0.717, 1.165) is 5.56 Å². The highest BCUT2D eigenvalue weighted by atomic mass is 127. The van der Waals surface area contributed by atoms with Crippen LogP contribution in [0.25, 0.3) is 11.3 Å². The van der Waals surface area contributed by atoms with Crippen LogP contribution in [-0.2, 0) is 11.3 Å². The molecule has 3 rings (SSSR count). The molecule has 0 atom stereocenters. The lowest BCUT2D eigenvalue weighted by atomic mass is 10.2. The maximum atomic E-state index is 12.1. The van der Waals surface area contributed by atoms with Gasteiger partial charge in [0, 0.05) is 31.7 Å². The molecule has 0 bridgehead atoms. The van der Waals surface area contributed by atoms with E-state index in [0.29, 0.717) is 43.8 Å². The molecule has 9 heteroatoms. The van der Waals surface area contributed by atoms with E-state index in [9.17, 15) is 4.79 Å². The Balaban J connectivity index is 0.00000300. The Morgan fingerprint density at radius 1 is 1.17 bits per heavy atom. The molecule has 2 N–H and O–H groups in total. The number of benzene rings is 1. The largest absolute Gasteiger partial charge is 0.444 e. The van der Waals surface area contributed by atoms with Crippen LogP contribution in [0.1, 0.15) is 26.7 Å². The minimum absolute atomic E-state index is 0. The van der Waals surface area contributed by atoms with E-state index in [1.165, 1.54) is 0 Å². The zero-order chi connectivity index (χ0) is 20.1. The molecule has 1 fully saturated rings. The molecule has 0 unspecified atom stereocenters. The maximum Gasteiger partial charge on any atom is 0.410 e. The zero-order valence-corrected chi connectivity index (χ0v) is 19.3. The lowest BCUT2D eigenvalue weighted by Crippen LogP contribution is -2.53. The first-order valence-electron chi connectivity index (χ1n) is 9.35. The molecular weight excluding hydrogens is 485 g/mol.